The van der Waals surface area contributed by atoms with Crippen molar-refractivity contribution in [1.29, 1.82) is 0 Å². The minimum Gasteiger partial charge on any atom is -0.269 e. The van der Waals surface area contributed by atoms with Gasteiger partial charge < -0.3 is 0 Å². The fraction of sp³-hybridized carbons (Fsp3) is 0. The van der Waals surface area contributed by atoms with Gasteiger partial charge in [-0.2, -0.15) is 5.10 Å². The van der Waals surface area contributed by atoms with Gasteiger partial charge in [-0.3, -0.25) is 5.10 Å². The Morgan fingerprint density at radius 3 is 3.09 bits per heavy atom. The molecule has 0 amide bonds. The Labute approximate surface area is 75.1 Å². The molecular formula is C5H2BrClN4. The van der Waals surface area contributed by atoms with Crippen LogP contribution < -0.4 is 0 Å². The summed E-state index contributed by atoms with van der Waals surface area (Å²) in [6.07, 6.45) is 0. The molecule has 0 aromatic carbocycles. The van der Waals surface area contributed by atoms with Crippen LogP contribution in [-0.2, 0) is 0 Å². The summed E-state index contributed by atoms with van der Waals surface area (Å²) in [5, 5.41) is 15.1. The van der Waals surface area contributed by atoms with Gasteiger partial charge >= 0.3 is 0 Å². The van der Waals surface area contributed by atoms with Crippen molar-refractivity contribution in [2.75, 3.05) is 0 Å². The van der Waals surface area contributed by atoms with Gasteiger partial charge in [0.05, 0.1) is 5.39 Å². The van der Waals surface area contributed by atoms with Crippen LogP contribution in [0.4, 0.5) is 0 Å². The quantitative estimate of drug-likeness (QED) is 0.754. The number of nitrogens with one attached hydrogen (secondary N) is 1. The lowest BCUT2D eigenvalue weighted by Gasteiger charge is -1.86. The minimum atomic E-state index is 0.361. The maximum absolute atomic E-state index is 5.61. The third kappa shape index (κ3) is 1.10. The zero-order chi connectivity index (χ0) is 7.84. The van der Waals surface area contributed by atoms with E-state index >= 15 is 0 Å². The Morgan fingerprint density at radius 2 is 2.27 bits per heavy atom. The average molecular weight is 233 g/mol. The van der Waals surface area contributed by atoms with E-state index in [1.807, 2.05) is 0 Å². The molecule has 0 unspecified atom stereocenters. The highest BCUT2D eigenvalue weighted by molar-refractivity contribution is 9.10. The Balaban J connectivity index is 2.87. The molecule has 4 nitrogen and oxygen atoms in total. The number of hydrogen-bond acceptors (Lipinski definition) is 3. The number of nitrogens with zero attached hydrogens (tertiary/aromatic N) is 3. The van der Waals surface area contributed by atoms with E-state index in [1.54, 1.807) is 6.07 Å². The molecule has 0 aliphatic heterocycles. The van der Waals surface area contributed by atoms with Crippen molar-refractivity contribution in [2.45, 2.75) is 0 Å². The minimum absolute atomic E-state index is 0.361. The van der Waals surface area contributed by atoms with Gasteiger partial charge in [-0.15, -0.1) is 10.2 Å². The Bertz CT molecular complexity index is 398. The molecule has 6 heteroatoms. The molecule has 1 N–H and O–H groups in total. The van der Waals surface area contributed by atoms with Crippen LogP contribution in [0.25, 0.3) is 11.0 Å². The summed E-state index contributed by atoms with van der Waals surface area (Å²) < 4.78 is 0.768. The zero-order valence-electron chi connectivity index (χ0n) is 5.17. The third-order valence-electron chi connectivity index (χ3n) is 1.24. The summed E-state index contributed by atoms with van der Waals surface area (Å²) in [6.45, 7) is 0. The number of rotatable bonds is 0. The molecule has 0 aliphatic carbocycles. The van der Waals surface area contributed by atoms with Crippen molar-refractivity contribution in [3.05, 3.63) is 15.8 Å². The second kappa shape index (κ2) is 2.42. The first-order valence-electron chi connectivity index (χ1n) is 2.80. The van der Waals surface area contributed by atoms with Crippen molar-refractivity contribution in [2.24, 2.45) is 0 Å². The fourth-order valence-corrected chi connectivity index (χ4v) is 1.30. The number of aromatic amines is 1. The summed E-state index contributed by atoms with van der Waals surface area (Å²) in [7, 11) is 0. The van der Waals surface area contributed by atoms with Gasteiger partial charge in [-0.1, -0.05) is 11.6 Å². The maximum Gasteiger partial charge on any atom is 0.204 e. The summed E-state index contributed by atoms with van der Waals surface area (Å²) in [5.74, 6) is 0. The summed E-state index contributed by atoms with van der Waals surface area (Å²) in [6, 6.07) is 1.69. The van der Waals surface area contributed by atoms with Crippen molar-refractivity contribution in [1.82, 2.24) is 20.4 Å². The highest BCUT2D eigenvalue weighted by Gasteiger charge is 2.03. The van der Waals surface area contributed by atoms with Gasteiger partial charge in [0.25, 0.3) is 0 Å². The van der Waals surface area contributed by atoms with E-state index in [4.69, 9.17) is 11.6 Å². The first-order chi connectivity index (χ1) is 5.27. The van der Waals surface area contributed by atoms with E-state index in [1.165, 1.54) is 0 Å². The topological polar surface area (TPSA) is 54.5 Å². The van der Waals surface area contributed by atoms with E-state index in [2.05, 4.69) is 36.3 Å². The van der Waals surface area contributed by atoms with E-state index < -0.39 is 0 Å². The van der Waals surface area contributed by atoms with E-state index in [-0.39, 0.29) is 0 Å². The van der Waals surface area contributed by atoms with Crippen molar-refractivity contribution >= 4 is 38.6 Å². The molecule has 2 aromatic rings. The molecule has 56 valence electrons. The van der Waals surface area contributed by atoms with Crippen molar-refractivity contribution in [3.63, 3.8) is 0 Å². The summed E-state index contributed by atoms with van der Waals surface area (Å²) in [5.41, 5.74) is 0.557. The number of fused-ring (bicyclic) bond motifs is 1. The summed E-state index contributed by atoms with van der Waals surface area (Å²) in [4.78, 5) is 0. The SMILES string of the molecule is Clc1cc2c(Br)[nH]nc2nn1. The lowest BCUT2D eigenvalue weighted by Crippen LogP contribution is -1.81. The summed E-state index contributed by atoms with van der Waals surface area (Å²) >= 11 is 8.87. The molecule has 2 rings (SSSR count). The number of H-pyrrole nitrogens is 1. The largest absolute Gasteiger partial charge is 0.269 e. The molecule has 0 bridgehead atoms. The average Bonchev–Trinajstić information content (AvgIpc) is 2.33. The molecule has 0 saturated heterocycles. The van der Waals surface area contributed by atoms with E-state index in [9.17, 15) is 0 Å². The predicted octanol–water partition coefficient (Wildman–Crippen LogP) is 1.77. The van der Waals surface area contributed by atoms with Crippen LogP contribution in [0.1, 0.15) is 0 Å². The van der Waals surface area contributed by atoms with Crippen molar-refractivity contribution in [3.8, 4) is 0 Å². The van der Waals surface area contributed by atoms with Crippen LogP contribution in [0, 0.1) is 0 Å². The second-order valence-electron chi connectivity index (χ2n) is 1.94. The Hall–Kier alpha value is -0.680. The molecule has 0 atom stereocenters. The highest BCUT2D eigenvalue weighted by atomic mass is 79.9. The molecule has 11 heavy (non-hydrogen) atoms. The van der Waals surface area contributed by atoms with Crippen molar-refractivity contribution < 1.29 is 0 Å². The standard InChI is InChI=1S/C5H2BrClN4/c6-4-2-1-3(7)8-10-5(2)11-9-4/h1H,(H,9,10,11). The first kappa shape index (κ1) is 7.00. The van der Waals surface area contributed by atoms with Crippen LogP contribution in [0.5, 0.6) is 0 Å². The normalized spacial score (nSPS) is 10.7. The van der Waals surface area contributed by atoms with E-state index in [0.717, 1.165) is 9.99 Å². The lowest BCUT2D eigenvalue weighted by molar-refractivity contribution is 1.02. The maximum atomic E-state index is 5.61. The van der Waals surface area contributed by atoms with Gasteiger partial charge in [0.2, 0.25) is 5.65 Å². The van der Waals surface area contributed by atoms with Gasteiger partial charge in [-0.05, 0) is 22.0 Å². The highest BCUT2D eigenvalue weighted by Crippen LogP contribution is 2.20. The molecule has 0 radical (unpaired) electrons. The van der Waals surface area contributed by atoms with Crippen LogP contribution >= 0.6 is 27.5 Å². The molecule has 0 spiro atoms. The molecule has 2 heterocycles. The van der Waals surface area contributed by atoms with E-state index in [0.29, 0.717) is 10.8 Å². The predicted molar refractivity (Wildman–Crippen MR) is 44.4 cm³/mol. The molecule has 0 fully saturated rings. The number of hydrogen-bond donors (Lipinski definition) is 1. The van der Waals surface area contributed by atoms with Gasteiger partial charge in [-0.25, -0.2) is 0 Å². The van der Waals surface area contributed by atoms with Gasteiger partial charge in [0.15, 0.2) is 5.15 Å². The van der Waals surface area contributed by atoms with Crippen LogP contribution in [0.3, 0.4) is 0 Å². The molecule has 0 aliphatic rings. The molecular weight excluding hydrogens is 231 g/mol. The smallest absolute Gasteiger partial charge is 0.204 e. The number of halogens is 2. The second-order valence-corrected chi connectivity index (χ2v) is 3.12. The van der Waals surface area contributed by atoms with Gasteiger partial charge in [0, 0.05) is 0 Å². The van der Waals surface area contributed by atoms with Crippen LogP contribution in [0.15, 0.2) is 10.7 Å². The lowest BCUT2D eigenvalue weighted by atomic mass is 10.4. The third-order valence-corrected chi connectivity index (χ3v) is 2.03. The molecule has 2 aromatic heterocycles. The monoisotopic (exact) mass is 232 g/mol. The van der Waals surface area contributed by atoms with Crippen LogP contribution in [0.2, 0.25) is 5.15 Å². The van der Waals surface area contributed by atoms with Crippen LogP contribution in [-0.4, -0.2) is 20.4 Å². The number of aromatic nitrogens is 4. The van der Waals surface area contributed by atoms with Gasteiger partial charge in [0.1, 0.15) is 4.60 Å². The zero-order valence-corrected chi connectivity index (χ0v) is 7.52. The Kier molecular flexibility index (Phi) is 1.54. The Morgan fingerprint density at radius 1 is 1.45 bits per heavy atom. The fourth-order valence-electron chi connectivity index (χ4n) is 0.768. The first-order valence-corrected chi connectivity index (χ1v) is 3.97. The molecule has 0 saturated carbocycles.